The molecule has 2 aliphatic heterocycles. The van der Waals surface area contributed by atoms with E-state index in [-0.39, 0.29) is 12.1 Å². The van der Waals surface area contributed by atoms with Crippen LogP contribution in [0, 0.1) is 0 Å². The van der Waals surface area contributed by atoms with Crippen LogP contribution in [0.25, 0.3) is 0 Å². The van der Waals surface area contributed by atoms with Gasteiger partial charge in [0.25, 0.3) is 0 Å². The summed E-state index contributed by atoms with van der Waals surface area (Å²) in [4.78, 5) is 6.95. The lowest BCUT2D eigenvalue weighted by Gasteiger charge is -2.34. The van der Waals surface area contributed by atoms with Gasteiger partial charge in [0, 0.05) is 19.1 Å². The second kappa shape index (κ2) is 6.20. The minimum Gasteiger partial charge on any atom is -0.367 e. The van der Waals surface area contributed by atoms with Gasteiger partial charge in [-0.2, -0.15) is 4.98 Å². The molecule has 3 heterocycles. The lowest BCUT2D eigenvalue weighted by atomic mass is 10.1. The second-order valence-electron chi connectivity index (χ2n) is 5.94. The van der Waals surface area contributed by atoms with E-state index in [9.17, 15) is 0 Å². The Morgan fingerprint density at radius 1 is 1.35 bits per heavy atom. The molecule has 0 spiro atoms. The first-order chi connectivity index (χ1) is 9.74. The zero-order valence-corrected chi connectivity index (χ0v) is 12.3. The second-order valence-corrected chi connectivity index (χ2v) is 5.94. The van der Waals surface area contributed by atoms with E-state index in [1.54, 1.807) is 0 Å². The lowest BCUT2D eigenvalue weighted by Crippen LogP contribution is -2.42. The summed E-state index contributed by atoms with van der Waals surface area (Å²) in [5.74, 6) is 1.41. The summed E-state index contributed by atoms with van der Waals surface area (Å²) >= 11 is 0. The normalized spacial score (nSPS) is 28.9. The van der Waals surface area contributed by atoms with Crippen LogP contribution in [0.4, 0.5) is 0 Å². The zero-order valence-electron chi connectivity index (χ0n) is 12.3. The van der Waals surface area contributed by atoms with Crippen LogP contribution >= 0.6 is 0 Å². The van der Waals surface area contributed by atoms with E-state index in [0.717, 1.165) is 32.7 Å². The quantitative estimate of drug-likeness (QED) is 0.908. The number of nitrogens with one attached hydrogen (secondary N) is 1. The van der Waals surface area contributed by atoms with Crippen molar-refractivity contribution >= 4 is 0 Å². The van der Waals surface area contributed by atoms with Crippen LogP contribution in [0.5, 0.6) is 0 Å². The molecule has 20 heavy (non-hydrogen) atoms. The summed E-state index contributed by atoms with van der Waals surface area (Å²) in [6.07, 6.45) is 3.46. The van der Waals surface area contributed by atoms with Gasteiger partial charge < -0.3 is 14.6 Å². The average Bonchev–Trinajstić information content (AvgIpc) is 2.98. The number of aromatic nitrogens is 2. The van der Waals surface area contributed by atoms with Crippen LogP contribution in [-0.4, -0.2) is 47.3 Å². The zero-order chi connectivity index (χ0) is 13.9. The number of piperidine rings is 1. The van der Waals surface area contributed by atoms with E-state index in [4.69, 9.17) is 9.26 Å². The standard InChI is InChI=1S/C14H24N4O2/c1-10(2)18-7-8-19-12(9-18)13-16-14(20-17-13)11-5-3-4-6-15-11/h10-12,15H,3-9H2,1-2H3. The van der Waals surface area contributed by atoms with E-state index < -0.39 is 0 Å². The monoisotopic (exact) mass is 280 g/mol. The molecule has 3 rings (SSSR count). The summed E-state index contributed by atoms with van der Waals surface area (Å²) < 4.78 is 11.2. The Balaban J connectivity index is 1.66. The predicted molar refractivity (Wildman–Crippen MR) is 74.3 cm³/mol. The molecule has 2 atom stereocenters. The third-order valence-electron chi connectivity index (χ3n) is 4.18. The highest BCUT2D eigenvalue weighted by atomic mass is 16.5. The topological polar surface area (TPSA) is 63.4 Å². The molecular weight excluding hydrogens is 256 g/mol. The fraction of sp³-hybridized carbons (Fsp3) is 0.857. The minimum absolute atomic E-state index is 0.0627. The van der Waals surface area contributed by atoms with E-state index in [0.29, 0.717) is 17.8 Å². The first-order valence-corrected chi connectivity index (χ1v) is 7.66. The van der Waals surface area contributed by atoms with Crippen LogP contribution in [0.2, 0.25) is 0 Å². The molecule has 2 saturated heterocycles. The number of hydrogen-bond donors (Lipinski definition) is 1. The van der Waals surface area contributed by atoms with Gasteiger partial charge in [0.2, 0.25) is 11.7 Å². The van der Waals surface area contributed by atoms with E-state index in [1.807, 2.05) is 0 Å². The highest BCUT2D eigenvalue weighted by molar-refractivity contribution is 4.98. The molecule has 0 saturated carbocycles. The van der Waals surface area contributed by atoms with Crippen molar-refractivity contribution in [1.82, 2.24) is 20.4 Å². The van der Waals surface area contributed by atoms with Crippen LogP contribution in [0.3, 0.4) is 0 Å². The van der Waals surface area contributed by atoms with E-state index in [1.165, 1.54) is 12.8 Å². The van der Waals surface area contributed by atoms with E-state index in [2.05, 4.69) is 34.2 Å². The van der Waals surface area contributed by atoms with Crippen LogP contribution in [0.15, 0.2) is 4.52 Å². The molecule has 0 amide bonds. The molecule has 112 valence electrons. The summed E-state index contributed by atoms with van der Waals surface area (Å²) in [6, 6.07) is 0.738. The van der Waals surface area contributed by atoms with Crippen LogP contribution in [-0.2, 0) is 4.74 Å². The van der Waals surface area contributed by atoms with Crippen molar-refractivity contribution in [2.45, 2.75) is 51.3 Å². The molecular formula is C14H24N4O2. The number of hydrogen-bond acceptors (Lipinski definition) is 6. The molecule has 2 unspecified atom stereocenters. The first-order valence-electron chi connectivity index (χ1n) is 7.66. The molecule has 6 nitrogen and oxygen atoms in total. The maximum absolute atomic E-state index is 5.80. The summed E-state index contributed by atoms with van der Waals surface area (Å²) in [7, 11) is 0. The Hall–Kier alpha value is -0.980. The Morgan fingerprint density at radius 3 is 3.00 bits per heavy atom. The molecule has 1 aromatic rings. The Bertz CT molecular complexity index is 429. The Morgan fingerprint density at radius 2 is 2.25 bits per heavy atom. The first kappa shape index (κ1) is 14.0. The molecule has 2 aliphatic rings. The molecule has 2 fully saturated rings. The van der Waals surface area contributed by atoms with Crippen molar-refractivity contribution in [2.75, 3.05) is 26.2 Å². The van der Waals surface area contributed by atoms with Crippen molar-refractivity contribution in [1.29, 1.82) is 0 Å². The molecule has 1 aromatic heterocycles. The third-order valence-corrected chi connectivity index (χ3v) is 4.18. The van der Waals surface area contributed by atoms with Gasteiger partial charge in [-0.3, -0.25) is 4.90 Å². The molecule has 6 heteroatoms. The summed E-state index contributed by atoms with van der Waals surface area (Å²) in [6.45, 7) is 7.99. The number of ether oxygens (including phenoxy) is 1. The SMILES string of the molecule is CC(C)N1CCOC(c2noc(C3CCCCN3)n2)C1. The van der Waals surface area contributed by atoms with Crippen LogP contribution in [0.1, 0.15) is 57.0 Å². The molecule has 0 bridgehead atoms. The van der Waals surface area contributed by atoms with Gasteiger partial charge in [0.1, 0.15) is 6.10 Å². The molecule has 1 N–H and O–H groups in total. The van der Waals surface area contributed by atoms with Crippen molar-refractivity contribution in [3.8, 4) is 0 Å². The molecule has 0 radical (unpaired) electrons. The Labute approximate surface area is 119 Å². The molecule has 0 aliphatic carbocycles. The fourth-order valence-corrected chi connectivity index (χ4v) is 2.88. The van der Waals surface area contributed by atoms with Gasteiger partial charge in [0.05, 0.1) is 12.6 Å². The maximum atomic E-state index is 5.80. The number of morpholine rings is 1. The van der Waals surface area contributed by atoms with Gasteiger partial charge in [0.15, 0.2) is 0 Å². The van der Waals surface area contributed by atoms with Crippen molar-refractivity contribution in [3.63, 3.8) is 0 Å². The van der Waals surface area contributed by atoms with Gasteiger partial charge in [-0.15, -0.1) is 0 Å². The molecule has 0 aromatic carbocycles. The lowest BCUT2D eigenvalue weighted by molar-refractivity contribution is -0.0450. The largest absolute Gasteiger partial charge is 0.367 e. The van der Waals surface area contributed by atoms with Gasteiger partial charge >= 0.3 is 0 Å². The summed E-state index contributed by atoms with van der Waals surface area (Å²) in [5, 5.41) is 7.56. The van der Waals surface area contributed by atoms with Gasteiger partial charge in [-0.05, 0) is 33.2 Å². The third kappa shape index (κ3) is 3.02. The minimum atomic E-state index is -0.0627. The number of rotatable bonds is 3. The average molecular weight is 280 g/mol. The highest BCUT2D eigenvalue weighted by Crippen LogP contribution is 2.25. The maximum Gasteiger partial charge on any atom is 0.243 e. The van der Waals surface area contributed by atoms with Gasteiger partial charge in [-0.1, -0.05) is 11.6 Å². The Kier molecular flexibility index (Phi) is 4.33. The highest BCUT2D eigenvalue weighted by Gasteiger charge is 2.29. The van der Waals surface area contributed by atoms with Crippen molar-refractivity contribution < 1.29 is 9.26 Å². The summed E-state index contributed by atoms with van der Waals surface area (Å²) in [5.41, 5.74) is 0. The van der Waals surface area contributed by atoms with Crippen molar-refractivity contribution in [3.05, 3.63) is 11.7 Å². The van der Waals surface area contributed by atoms with E-state index >= 15 is 0 Å². The van der Waals surface area contributed by atoms with Gasteiger partial charge in [-0.25, -0.2) is 0 Å². The van der Waals surface area contributed by atoms with Crippen molar-refractivity contribution in [2.24, 2.45) is 0 Å². The van der Waals surface area contributed by atoms with Crippen LogP contribution < -0.4 is 5.32 Å². The number of nitrogens with zero attached hydrogens (tertiary/aromatic N) is 3. The fourth-order valence-electron chi connectivity index (χ4n) is 2.88. The predicted octanol–water partition coefficient (Wildman–Crippen LogP) is 1.67. The smallest absolute Gasteiger partial charge is 0.243 e.